The molecule has 0 spiro atoms. The third-order valence-electron chi connectivity index (χ3n) is 2.93. The number of hydrogen-bond donors (Lipinski definition) is 0. The van der Waals surface area contributed by atoms with E-state index in [1.807, 2.05) is 13.8 Å². The van der Waals surface area contributed by atoms with E-state index in [1.54, 1.807) is 19.1 Å². The van der Waals surface area contributed by atoms with Gasteiger partial charge in [0.15, 0.2) is 0 Å². The van der Waals surface area contributed by atoms with Gasteiger partial charge in [0.25, 0.3) is 5.69 Å². The van der Waals surface area contributed by atoms with Crippen LogP contribution in [0.1, 0.15) is 22.6 Å². The van der Waals surface area contributed by atoms with Crippen molar-refractivity contribution >= 4 is 5.69 Å². The monoisotopic (exact) mass is 262 g/mol. The van der Waals surface area contributed by atoms with Crippen molar-refractivity contribution in [3.8, 4) is 5.75 Å². The Labute approximate surface area is 110 Å². The molecule has 6 nitrogen and oxygen atoms in total. The summed E-state index contributed by atoms with van der Waals surface area (Å²) in [6.45, 7) is 5.68. The molecule has 100 valence electrons. The van der Waals surface area contributed by atoms with Crippen LogP contribution in [-0.2, 0) is 6.61 Å². The zero-order valence-corrected chi connectivity index (χ0v) is 11.0. The second-order valence-electron chi connectivity index (χ2n) is 4.30. The minimum Gasteiger partial charge on any atom is -0.489 e. The van der Waals surface area contributed by atoms with Gasteiger partial charge in [-0.1, -0.05) is 5.16 Å². The lowest BCUT2D eigenvalue weighted by atomic mass is 10.2. The van der Waals surface area contributed by atoms with Gasteiger partial charge in [0.05, 0.1) is 16.2 Å². The van der Waals surface area contributed by atoms with E-state index in [-0.39, 0.29) is 5.69 Å². The van der Waals surface area contributed by atoms with Crippen molar-refractivity contribution in [2.45, 2.75) is 27.4 Å². The summed E-state index contributed by atoms with van der Waals surface area (Å²) in [6.07, 6.45) is 0. The van der Waals surface area contributed by atoms with Crippen LogP contribution in [0.4, 0.5) is 5.69 Å². The fourth-order valence-corrected chi connectivity index (χ4v) is 1.79. The molecular weight excluding hydrogens is 248 g/mol. The highest BCUT2D eigenvalue weighted by molar-refractivity contribution is 5.44. The number of aryl methyl sites for hydroxylation is 3. The maximum atomic E-state index is 10.7. The zero-order valence-electron chi connectivity index (χ0n) is 11.0. The molecular formula is C13H14N2O4. The fraction of sp³-hybridized carbons (Fsp3) is 0.308. The summed E-state index contributed by atoms with van der Waals surface area (Å²) >= 11 is 0. The molecule has 0 unspecified atom stereocenters. The summed E-state index contributed by atoms with van der Waals surface area (Å²) in [6, 6.07) is 4.68. The molecule has 0 aliphatic carbocycles. The number of ether oxygens (including phenoxy) is 1. The Morgan fingerprint density at radius 3 is 2.63 bits per heavy atom. The highest BCUT2D eigenvalue weighted by atomic mass is 16.6. The van der Waals surface area contributed by atoms with E-state index < -0.39 is 4.92 Å². The molecule has 0 N–H and O–H groups in total. The molecule has 0 fully saturated rings. The number of nitro groups is 1. The Morgan fingerprint density at radius 1 is 1.37 bits per heavy atom. The van der Waals surface area contributed by atoms with Gasteiger partial charge in [0.1, 0.15) is 18.1 Å². The molecule has 0 saturated carbocycles. The largest absolute Gasteiger partial charge is 0.489 e. The first-order chi connectivity index (χ1) is 8.99. The third kappa shape index (κ3) is 2.73. The van der Waals surface area contributed by atoms with Crippen molar-refractivity contribution in [1.29, 1.82) is 0 Å². The summed E-state index contributed by atoms with van der Waals surface area (Å²) in [5, 5.41) is 14.6. The lowest BCUT2D eigenvalue weighted by Gasteiger charge is -2.06. The predicted molar refractivity (Wildman–Crippen MR) is 68.1 cm³/mol. The van der Waals surface area contributed by atoms with E-state index in [9.17, 15) is 10.1 Å². The lowest BCUT2D eigenvalue weighted by Crippen LogP contribution is -1.99. The Balaban J connectivity index is 2.13. The number of aromatic nitrogens is 1. The van der Waals surface area contributed by atoms with E-state index in [1.165, 1.54) is 6.07 Å². The van der Waals surface area contributed by atoms with Crippen LogP contribution in [-0.4, -0.2) is 10.1 Å². The first kappa shape index (κ1) is 13.1. The standard InChI is InChI=1S/C13H14N2O4/c1-8-6-11(4-5-13(8)15(16)17)18-7-12-9(2)14-19-10(12)3/h4-6H,7H2,1-3H3. The summed E-state index contributed by atoms with van der Waals surface area (Å²) in [5.41, 5.74) is 2.35. The summed E-state index contributed by atoms with van der Waals surface area (Å²) in [4.78, 5) is 10.3. The van der Waals surface area contributed by atoms with Crippen molar-refractivity contribution < 1.29 is 14.2 Å². The van der Waals surface area contributed by atoms with Gasteiger partial charge >= 0.3 is 0 Å². The van der Waals surface area contributed by atoms with Crippen LogP contribution < -0.4 is 4.74 Å². The smallest absolute Gasteiger partial charge is 0.272 e. The zero-order chi connectivity index (χ0) is 14.0. The maximum Gasteiger partial charge on any atom is 0.272 e. The van der Waals surface area contributed by atoms with Gasteiger partial charge in [-0.15, -0.1) is 0 Å². The molecule has 0 radical (unpaired) electrons. The van der Waals surface area contributed by atoms with Crippen molar-refractivity contribution in [1.82, 2.24) is 5.16 Å². The molecule has 0 bridgehead atoms. The van der Waals surface area contributed by atoms with Crippen LogP contribution >= 0.6 is 0 Å². The topological polar surface area (TPSA) is 78.4 Å². The Bertz CT molecular complexity index is 600. The Morgan fingerprint density at radius 2 is 2.11 bits per heavy atom. The number of benzene rings is 1. The van der Waals surface area contributed by atoms with E-state index in [2.05, 4.69) is 5.16 Å². The molecule has 1 aromatic heterocycles. The normalized spacial score (nSPS) is 10.5. The van der Waals surface area contributed by atoms with Crippen LogP contribution in [0.15, 0.2) is 22.7 Å². The number of rotatable bonds is 4. The molecule has 1 aromatic carbocycles. The van der Waals surface area contributed by atoms with Crippen LogP contribution in [0.5, 0.6) is 5.75 Å². The van der Waals surface area contributed by atoms with Crippen LogP contribution in [0.3, 0.4) is 0 Å². The van der Waals surface area contributed by atoms with Gasteiger partial charge in [0.2, 0.25) is 0 Å². The molecule has 2 rings (SSSR count). The van der Waals surface area contributed by atoms with Gasteiger partial charge in [0, 0.05) is 11.6 Å². The molecule has 0 atom stereocenters. The van der Waals surface area contributed by atoms with Crippen molar-refractivity contribution in [2.24, 2.45) is 0 Å². The van der Waals surface area contributed by atoms with E-state index in [0.29, 0.717) is 17.9 Å². The average molecular weight is 262 g/mol. The maximum absolute atomic E-state index is 10.7. The van der Waals surface area contributed by atoms with Gasteiger partial charge in [-0.25, -0.2) is 0 Å². The fourth-order valence-electron chi connectivity index (χ4n) is 1.79. The Kier molecular flexibility index (Phi) is 3.50. The third-order valence-corrected chi connectivity index (χ3v) is 2.93. The van der Waals surface area contributed by atoms with Gasteiger partial charge in [-0.2, -0.15) is 0 Å². The minimum absolute atomic E-state index is 0.0877. The molecule has 6 heteroatoms. The van der Waals surface area contributed by atoms with Crippen molar-refractivity contribution in [2.75, 3.05) is 0 Å². The van der Waals surface area contributed by atoms with E-state index >= 15 is 0 Å². The molecule has 0 amide bonds. The SMILES string of the molecule is Cc1cc(OCc2c(C)noc2C)ccc1[N+](=O)[O-]. The predicted octanol–water partition coefficient (Wildman–Crippen LogP) is 3.09. The second-order valence-corrected chi connectivity index (χ2v) is 4.30. The number of nitro benzene ring substituents is 1. The number of nitrogens with zero attached hydrogens (tertiary/aromatic N) is 2. The second kappa shape index (κ2) is 5.09. The highest BCUT2D eigenvalue weighted by Crippen LogP contribution is 2.24. The van der Waals surface area contributed by atoms with E-state index in [4.69, 9.17) is 9.26 Å². The van der Waals surface area contributed by atoms with E-state index in [0.717, 1.165) is 17.0 Å². The summed E-state index contributed by atoms with van der Waals surface area (Å²) in [5.74, 6) is 1.30. The summed E-state index contributed by atoms with van der Waals surface area (Å²) in [7, 11) is 0. The van der Waals surface area contributed by atoms with Gasteiger partial charge < -0.3 is 9.26 Å². The van der Waals surface area contributed by atoms with Crippen molar-refractivity contribution in [3.63, 3.8) is 0 Å². The minimum atomic E-state index is -0.409. The van der Waals surface area contributed by atoms with Crippen LogP contribution in [0, 0.1) is 30.9 Å². The highest BCUT2D eigenvalue weighted by Gasteiger charge is 2.12. The Hall–Kier alpha value is -2.37. The van der Waals surface area contributed by atoms with Crippen LogP contribution in [0.25, 0.3) is 0 Å². The van der Waals surface area contributed by atoms with Gasteiger partial charge in [-0.3, -0.25) is 10.1 Å². The van der Waals surface area contributed by atoms with Gasteiger partial charge in [-0.05, 0) is 32.9 Å². The first-order valence-electron chi connectivity index (χ1n) is 5.78. The number of hydrogen-bond acceptors (Lipinski definition) is 5. The molecule has 0 aliphatic rings. The first-order valence-corrected chi connectivity index (χ1v) is 5.78. The summed E-state index contributed by atoms with van der Waals surface area (Å²) < 4.78 is 10.6. The molecule has 1 heterocycles. The quantitative estimate of drug-likeness (QED) is 0.625. The molecule has 0 saturated heterocycles. The molecule has 19 heavy (non-hydrogen) atoms. The lowest BCUT2D eigenvalue weighted by molar-refractivity contribution is -0.385. The average Bonchev–Trinajstić information content (AvgIpc) is 2.66. The van der Waals surface area contributed by atoms with Crippen molar-refractivity contribution in [3.05, 3.63) is 50.9 Å². The molecule has 0 aliphatic heterocycles. The molecule has 2 aromatic rings. The van der Waals surface area contributed by atoms with Crippen LogP contribution in [0.2, 0.25) is 0 Å².